The molecule has 0 aliphatic heterocycles. The van der Waals surface area contributed by atoms with E-state index in [1.165, 1.54) is 7.11 Å². The Labute approximate surface area is 131 Å². The zero-order valence-corrected chi connectivity index (χ0v) is 12.8. The molecule has 0 fully saturated rings. The highest BCUT2D eigenvalue weighted by Crippen LogP contribution is 2.20. The lowest BCUT2D eigenvalue weighted by Crippen LogP contribution is -2.40. The van der Waals surface area contributed by atoms with Gasteiger partial charge in [0.2, 0.25) is 0 Å². The van der Waals surface area contributed by atoms with Gasteiger partial charge in [0.05, 0.1) is 13.2 Å². The monoisotopic (exact) mass is 325 g/mol. The number of rotatable bonds is 6. The van der Waals surface area contributed by atoms with Crippen molar-refractivity contribution in [2.24, 2.45) is 0 Å². The molecule has 0 saturated carbocycles. The molecule has 2 aromatic rings. The Bertz CT molecular complexity index is 757. The van der Waals surface area contributed by atoms with Crippen molar-refractivity contribution >= 4 is 16.9 Å². The Hall–Kier alpha value is -2.28. The number of aryl methyl sites for hydroxylation is 1. The van der Waals surface area contributed by atoms with Gasteiger partial charge in [0.15, 0.2) is 0 Å². The van der Waals surface area contributed by atoms with Crippen molar-refractivity contribution in [2.75, 3.05) is 26.8 Å². The van der Waals surface area contributed by atoms with E-state index in [0.717, 1.165) is 4.90 Å². The average Bonchev–Trinajstić information content (AvgIpc) is 2.51. The Morgan fingerprint density at radius 2 is 2.04 bits per heavy atom. The molecule has 7 heteroatoms. The fourth-order valence-corrected chi connectivity index (χ4v) is 2.35. The Kier molecular flexibility index (Phi) is 5.44. The average molecular weight is 325 g/mol. The summed E-state index contributed by atoms with van der Waals surface area (Å²) in [6.45, 7) is 0.888. The molecule has 0 bridgehead atoms. The summed E-state index contributed by atoms with van der Waals surface area (Å²) in [6, 6.07) is 6.76. The zero-order valence-electron chi connectivity index (χ0n) is 12.8. The van der Waals surface area contributed by atoms with Crippen molar-refractivity contribution in [2.45, 2.75) is 13.3 Å². The quantitative estimate of drug-likeness (QED) is 0.766. The Morgan fingerprint density at radius 1 is 1.35 bits per heavy atom. The molecule has 1 aromatic heterocycles. The molecule has 0 radical (unpaired) electrons. The summed E-state index contributed by atoms with van der Waals surface area (Å²) in [7, 11) is 1.40. The molecule has 1 aromatic carbocycles. The van der Waals surface area contributed by atoms with Gasteiger partial charge in [0.1, 0.15) is 11.1 Å². The van der Waals surface area contributed by atoms with E-state index in [2.05, 4.69) is 0 Å². The first-order valence-corrected chi connectivity index (χ1v) is 7.04. The molecule has 0 aliphatic carbocycles. The van der Waals surface area contributed by atoms with Gasteiger partial charge < -0.3 is 14.1 Å². The topological polar surface area (TPSA) is 59.8 Å². The minimum absolute atomic E-state index is 0.0363. The van der Waals surface area contributed by atoms with E-state index in [0.29, 0.717) is 16.5 Å². The number of carbonyl (C=O) groups excluding carboxylic acids is 1. The highest BCUT2D eigenvalue weighted by molar-refractivity contribution is 5.99. The maximum atomic E-state index is 12.7. The van der Waals surface area contributed by atoms with E-state index in [9.17, 15) is 18.4 Å². The highest BCUT2D eigenvalue weighted by Gasteiger charge is 2.25. The van der Waals surface area contributed by atoms with Gasteiger partial charge in [0, 0.05) is 19.0 Å². The second-order valence-corrected chi connectivity index (χ2v) is 5.02. The third-order valence-corrected chi connectivity index (χ3v) is 3.50. The maximum absolute atomic E-state index is 12.7. The largest absolute Gasteiger partial charge is 0.422 e. The molecule has 0 unspecified atom stereocenters. The van der Waals surface area contributed by atoms with Gasteiger partial charge in [-0.1, -0.05) is 18.2 Å². The molecule has 0 spiro atoms. The number of methoxy groups -OCH3 is 1. The number of halogens is 2. The lowest BCUT2D eigenvalue weighted by atomic mass is 10.1. The fourth-order valence-electron chi connectivity index (χ4n) is 2.35. The molecule has 2 rings (SSSR count). The summed E-state index contributed by atoms with van der Waals surface area (Å²) in [5.41, 5.74) is -0.286. The number of carbonyl (C=O) groups is 1. The van der Waals surface area contributed by atoms with Crippen LogP contribution in [0.1, 0.15) is 15.9 Å². The van der Waals surface area contributed by atoms with Gasteiger partial charge >= 0.3 is 5.63 Å². The molecule has 0 atom stereocenters. The normalized spacial score (nSPS) is 11.2. The molecule has 0 aliphatic rings. The van der Waals surface area contributed by atoms with Crippen molar-refractivity contribution in [3.8, 4) is 0 Å². The summed E-state index contributed by atoms with van der Waals surface area (Å²) in [6.07, 6.45) is -2.70. The summed E-state index contributed by atoms with van der Waals surface area (Å²) in [5.74, 6) is -0.778. The fraction of sp³-hybridized carbons (Fsp3) is 0.375. The summed E-state index contributed by atoms with van der Waals surface area (Å²) >= 11 is 0. The highest BCUT2D eigenvalue weighted by atomic mass is 19.3. The van der Waals surface area contributed by atoms with Gasteiger partial charge in [-0.15, -0.1) is 0 Å². The van der Waals surface area contributed by atoms with Crippen LogP contribution in [0.5, 0.6) is 0 Å². The van der Waals surface area contributed by atoms with E-state index >= 15 is 0 Å². The minimum Gasteiger partial charge on any atom is -0.422 e. The molecule has 124 valence electrons. The maximum Gasteiger partial charge on any atom is 0.349 e. The standard InChI is InChI=1S/C16H17F2NO4/c1-10-11-5-3-4-6-12(11)23-16(21)14(10)15(20)19(7-8-22-2)9-13(17)18/h3-6,13H,7-9H2,1-2H3. The number of para-hydroxylation sites is 1. The third kappa shape index (κ3) is 3.73. The number of fused-ring (bicyclic) bond motifs is 1. The molecule has 1 amide bonds. The summed E-state index contributed by atoms with van der Waals surface area (Å²) in [4.78, 5) is 25.6. The van der Waals surface area contributed by atoms with Crippen LogP contribution < -0.4 is 5.63 Å². The lowest BCUT2D eigenvalue weighted by molar-refractivity contribution is 0.0474. The molecular formula is C16H17F2NO4. The third-order valence-electron chi connectivity index (χ3n) is 3.50. The van der Waals surface area contributed by atoms with Crippen LogP contribution in [-0.4, -0.2) is 44.0 Å². The summed E-state index contributed by atoms with van der Waals surface area (Å²) in [5, 5.41) is 0.596. The van der Waals surface area contributed by atoms with Crippen molar-refractivity contribution in [1.82, 2.24) is 4.90 Å². The van der Waals surface area contributed by atoms with Gasteiger partial charge in [-0.25, -0.2) is 13.6 Å². The molecule has 1 heterocycles. The van der Waals surface area contributed by atoms with E-state index in [-0.39, 0.29) is 18.7 Å². The number of benzene rings is 1. The number of alkyl halides is 2. The predicted octanol–water partition coefficient (Wildman–Crippen LogP) is 2.46. The van der Waals surface area contributed by atoms with E-state index < -0.39 is 24.5 Å². The van der Waals surface area contributed by atoms with Crippen LogP contribution in [0.4, 0.5) is 8.78 Å². The summed E-state index contributed by atoms with van der Waals surface area (Å²) < 4.78 is 35.4. The Morgan fingerprint density at radius 3 is 2.70 bits per heavy atom. The molecule has 5 nitrogen and oxygen atoms in total. The lowest BCUT2D eigenvalue weighted by Gasteiger charge is -2.22. The number of hydrogen-bond acceptors (Lipinski definition) is 4. The van der Waals surface area contributed by atoms with Crippen LogP contribution in [-0.2, 0) is 4.74 Å². The molecule has 0 N–H and O–H groups in total. The van der Waals surface area contributed by atoms with Crippen molar-refractivity contribution in [3.63, 3.8) is 0 Å². The van der Waals surface area contributed by atoms with Crippen LogP contribution in [0, 0.1) is 6.92 Å². The number of hydrogen-bond donors (Lipinski definition) is 0. The SMILES string of the molecule is COCCN(CC(F)F)C(=O)c1c(C)c2ccccc2oc1=O. The Balaban J connectivity index is 2.47. The van der Waals surface area contributed by atoms with Gasteiger partial charge in [0.25, 0.3) is 12.3 Å². The van der Waals surface area contributed by atoms with Crippen LogP contribution in [0.25, 0.3) is 11.0 Å². The first-order valence-electron chi connectivity index (χ1n) is 7.04. The smallest absolute Gasteiger partial charge is 0.349 e. The van der Waals surface area contributed by atoms with E-state index in [1.807, 2.05) is 0 Å². The van der Waals surface area contributed by atoms with Gasteiger partial charge in [-0.2, -0.15) is 0 Å². The van der Waals surface area contributed by atoms with Crippen LogP contribution in [0.3, 0.4) is 0 Å². The van der Waals surface area contributed by atoms with Crippen LogP contribution in [0.15, 0.2) is 33.5 Å². The molecular weight excluding hydrogens is 308 g/mol. The van der Waals surface area contributed by atoms with E-state index in [4.69, 9.17) is 9.15 Å². The van der Waals surface area contributed by atoms with Crippen LogP contribution in [0.2, 0.25) is 0 Å². The number of ether oxygens (including phenoxy) is 1. The second kappa shape index (κ2) is 7.32. The van der Waals surface area contributed by atoms with Crippen LogP contribution >= 0.6 is 0 Å². The number of amides is 1. The molecule has 23 heavy (non-hydrogen) atoms. The van der Waals surface area contributed by atoms with Crippen molar-refractivity contribution in [3.05, 3.63) is 45.8 Å². The van der Waals surface area contributed by atoms with E-state index in [1.54, 1.807) is 31.2 Å². The minimum atomic E-state index is -2.70. The first kappa shape index (κ1) is 17.1. The van der Waals surface area contributed by atoms with Crippen molar-refractivity contribution in [1.29, 1.82) is 0 Å². The zero-order chi connectivity index (χ0) is 17.0. The van der Waals surface area contributed by atoms with Gasteiger partial charge in [-0.3, -0.25) is 4.79 Å². The van der Waals surface area contributed by atoms with Gasteiger partial charge in [-0.05, 0) is 18.6 Å². The number of nitrogens with zero attached hydrogens (tertiary/aromatic N) is 1. The first-order chi connectivity index (χ1) is 11.0. The second-order valence-electron chi connectivity index (χ2n) is 5.02. The van der Waals surface area contributed by atoms with Crippen molar-refractivity contribution < 1.29 is 22.7 Å². The predicted molar refractivity (Wildman–Crippen MR) is 81.0 cm³/mol. The molecule has 0 saturated heterocycles.